The number of carbonyl (C=O) groups is 1. The summed E-state index contributed by atoms with van der Waals surface area (Å²) >= 11 is 0. The summed E-state index contributed by atoms with van der Waals surface area (Å²) in [7, 11) is -3.74. The molecule has 6 rings (SSSR count). The van der Waals surface area contributed by atoms with E-state index in [1.807, 2.05) is 18.2 Å². The summed E-state index contributed by atoms with van der Waals surface area (Å²) in [6.45, 7) is 2.34. The highest BCUT2D eigenvalue weighted by Gasteiger charge is 2.41. The summed E-state index contributed by atoms with van der Waals surface area (Å²) in [5.41, 5.74) is 2.10. The Hall–Kier alpha value is -3.46. The lowest BCUT2D eigenvalue weighted by Gasteiger charge is -2.40. The highest BCUT2D eigenvalue weighted by molar-refractivity contribution is 7.89. The molecular formula is C27H25N3O4S. The molecule has 1 aliphatic heterocycles. The second kappa shape index (κ2) is 8.64. The zero-order valence-electron chi connectivity index (χ0n) is 19.0. The van der Waals surface area contributed by atoms with Crippen LogP contribution in [0.15, 0.2) is 94.4 Å². The first-order valence-corrected chi connectivity index (χ1v) is 13.2. The number of rotatable bonds is 5. The number of sulfonamides is 1. The molecular weight excluding hydrogens is 462 g/mol. The molecule has 4 aromatic rings. The van der Waals surface area contributed by atoms with Crippen molar-refractivity contribution in [2.75, 3.05) is 26.2 Å². The highest BCUT2D eigenvalue weighted by atomic mass is 32.2. The molecule has 7 nitrogen and oxygen atoms in total. The molecule has 2 heterocycles. The minimum absolute atomic E-state index is 0.118. The lowest BCUT2D eigenvalue weighted by atomic mass is 10.0. The third kappa shape index (κ3) is 3.83. The van der Waals surface area contributed by atoms with E-state index in [0.29, 0.717) is 31.9 Å². The third-order valence-corrected chi connectivity index (χ3v) is 8.46. The predicted octanol–water partition coefficient (Wildman–Crippen LogP) is 3.97. The Morgan fingerprint density at radius 2 is 1.54 bits per heavy atom. The smallest absolute Gasteiger partial charge is 0.289 e. The molecule has 1 N–H and O–H groups in total. The van der Waals surface area contributed by atoms with Crippen LogP contribution < -0.4 is 4.72 Å². The van der Waals surface area contributed by atoms with Gasteiger partial charge in [0.1, 0.15) is 0 Å². The molecule has 1 fully saturated rings. The van der Waals surface area contributed by atoms with E-state index in [9.17, 15) is 13.2 Å². The molecule has 1 amide bonds. The Morgan fingerprint density at radius 3 is 2.23 bits per heavy atom. The van der Waals surface area contributed by atoms with Gasteiger partial charge >= 0.3 is 0 Å². The minimum atomic E-state index is -3.74. The summed E-state index contributed by atoms with van der Waals surface area (Å²) in [5.74, 6) is 0.220. The van der Waals surface area contributed by atoms with Crippen molar-refractivity contribution in [1.29, 1.82) is 0 Å². The Bertz CT molecular complexity index is 1470. The first-order chi connectivity index (χ1) is 17.0. The van der Waals surface area contributed by atoms with Crippen molar-refractivity contribution >= 4 is 26.7 Å². The van der Waals surface area contributed by atoms with Gasteiger partial charge in [-0.3, -0.25) is 9.69 Å². The van der Waals surface area contributed by atoms with Crippen molar-refractivity contribution in [1.82, 2.24) is 14.5 Å². The molecule has 2 aliphatic rings. The Morgan fingerprint density at radius 1 is 0.829 bits per heavy atom. The number of hydrogen-bond donors (Lipinski definition) is 1. The largest absolute Gasteiger partial charge is 0.459 e. The zero-order valence-corrected chi connectivity index (χ0v) is 19.8. The molecule has 3 aromatic carbocycles. The van der Waals surface area contributed by atoms with Crippen LogP contribution in [-0.2, 0) is 10.0 Å². The van der Waals surface area contributed by atoms with Gasteiger partial charge in [0, 0.05) is 26.2 Å². The summed E-state index contributed by atoms with van der Waals surface area (Å²) < 4.78 is 35.0. The van der Waals surface area contributed by atoms with Crippen molar-refractivity contribution in [3.8, 4) is 0 Å². The van der Waals surface area contributed by atoms with Crippen LogP contribution in [-0.4, -0.2) is 50.3 Å². The second-order valence-electron chi connectivity index (χ2n) is 8.95. The monoisotopic (exact) mass is 487 g/mol. The van der Waals surface area contributed by atoms with E-state index in [-0.39, 0.29) is 16.8 Å². The fourth-order valence-electron chi connectivity index (χ4n) is 5.38. The fraction of sp³-hybridized carbons (Fsp3) is 0.222. The number of furan rings is 1. The van der Waals surface area contributed by atoms with E-state index >= 15 is 0 Å². The van der Waals surface area contributed by atoms with Crippen LogP contribution >= 0.6 is 0 Å². The number of nitrogens with zero attached hydrogens (tertiary/aromatic N) is 2. The maximum Gasteiger partial charge on any atom is 0.289 e. The maximum absolute atomic E-state index is 13.4. The highest BCUT2D eigenvalue weighted by Crippen LogP contribution is 2.47. The Labute approximate surface area is 204 Å². The lowest BCUT2D eigenvalue weighted by molar-refractivity contribution is 0.0512. The molecule has 0 bridgehead atoms. The standard InChI is InChI=1S/C27H25N3O4S/c31-27(23-13-6-18-34-23)30-16-14-29(15-17-30)26-22-12-5-8-19-7-4-11-21(24(19)22)25(26)28-35(32,33)20-9-2-1-3-10-20/h1-13,18,25-26,28H,14-17H2/t25-,26+/m1/s1. The number of hydrogen-bond acceptors (Lipinski definition) is 5. The van der Waals surface area contributed by atoms with Gasteiger partial charge in [0.2, 0.25) is 10.0 Å². The molecule has 178 valence electrons. The van der Waals surface area contributed by atoms with E-state index < -0.39 is 16.1 Å². The van der Waals surface area contributed by atoms with Gasteiger partial charge in [-0.1, -0.05) is 54.6 Å². The SMILES string of the molecule is O=C(c1ccco1)N1CCN([C@H]2c3cccc4cccc(c34)[C@H]2NS(=O)(=O)c2ccccc2)CC1. The summed E-state index contributed by atoms with van der Waals surface area (Å²) in [4.78, 5) is 17.1. The number of amides is 1. The molecule has 0 saturated carbocycles. The van der Waals surface area contributed by atoms with E-state index in [0.717, 1.165) is 21.9 Å². The van der Waals surface area contributed by atoms with Crippen molar-refractivity contribution in [3.63, 3.8) is 0 Å². The van der Waals surface area contributed by atoms with Crippen LogP contribution in [0.25, 0.3) is 10.8 Å². The van der Waals surface area contributed by atoms with Crippen LogP contribution in [0.2, 0.25) is 0 Å². The first kappa shape index (κ1) is 22.0. The van der Waals surface area contributed by atoms with E-state index in [1.165, 1.54) is 6.26 Å². The zero-order chi connectivity index (χ0) is 24.0. The molecule has 35 heavy (non-hydrogen) atoms. The second-order valence-corrected chi connectivity index (χ2v) is 10.7. The topological polar surface area (TPSA) is 82.9 Å². The average Bonchev–Trinajstić information content (AvgIpc) is 3.53. The summed E-state index contributed by atoms with van der Waals surface area (Å²) in [6.07, 6.45) is 1.50. The fourth-order valence-corrected chi connectivity index (χ4v) is 6.63. The van der Waals surface area contributed by atoms with Gasteiger partial charge in [-0.2, -0.15) is 0 Å². The first-order valence-electron chi connectivity index (χ1n) is 11.7. The Kier molecular flexibility index (Phi) is 5.44. The van der Waals surface area contributed by atoms with Gasteiger partial charge in [-0.05, 0) is 46.2 Å². The summed E-state index contributed by atoms with van der Waals surface area (Å²) in [5, 5.41) is 2.20. The number of benzene rings is 3. The molecule has 0 radical (unpaired) electrons. The van der Waals surface area contributed by atoms with Gasteiger partial charge in [-0.25, -0.2) is 13.1 Å². The molecule has 1 saturated heterocycles. The quantitative estimate of drug-likeness (QED) is 0.461. The molecule has 8 heteroatoms. The normalized spacial score (nSPS) is 20.4. The molecule has 0 spiro atoms. The number of nitrogens with one attached hydrogen (secondary N) is 1. The van der Waals surface area contributed by atoms with Crippen LogP contribution in [0, 0.1) is 0 Å². The third-order valence-electron chi connectivity index (χ3n) is 7.00. The minimum Gasteiger partial charge on any atom is -0.459 e. The molecule has 1 aliphatic carbocycles. The van der Waals surface area contributed by atoms with Crippen molar-refractivity contribution < 1.29 is 17.6 Å². The van der Waals surface area contributed by atoms with Crippen LogP contribution in [0.4, 0.5) is 0 Å². The van der Waals surface area contributed by atoms with Crippen LogP contribution in [0.3, 0.4) is 0 Å². The van der Waals surface area contributed by atoms with E-state index in [4.69, 9.17) is 4.42 Å². The van der Waals surface area contributed by atoms with Crippen molar-refractivity contribution in [2.24, 2.45) is 0 Å². The van der Waals surface area contributed by atoms with Gasteiger partial charge in [0.15, 0.2) is 5.76 Å². The van der Waals surface area contributed by atoms with Crippen molar-refractivity contribution in [3.05, 3.63) is 102 Å². The van der Waals surface area contributed by atoms with Gasteiger partial charge in [0.05, 0.1) is 23.2 Å². The van der Waals surface area contributed by atoms with Crippen LogP contribution in [0.1, 0.15) is 33.8 Å². The van der Waals surface area contributed by atoms with Crippen LogP contribution in [0.5, 0.6) is 0 Å². The van der Waals surface area contributed by atoms with Crippen molar-refractivity contribution in [2.45, 2.75) is 17.0 Å². The predicted molar refractivity (Wildman–Crippen MR) is 132 cm³/mol. The molecule has 0 unspecified atom stereocenters. The van der Waals surface area contributed by atoms with Gasteiger partial charge in [-0.15, -0.1) is 0 Å². The number of piperazine rings is 1. The molecule has 2 atom stereocenters. The Balaban J connectivity index is 1.33. The van der Waals surface area contributed by atoms with E-state index in [2.05, 4.69) is 27.8 Å². The number of carbonyl (C=O) groups excluding carboxylic acids is 1. The molecule has 1 aromatic heterocycles. The van der Waals surface area contributed by atoms with Gasteiger partial charge in [0.25, 0.3) is 5.91 Å². The van der Waals surface area contributed by atoms with E-state index in [1.54, 1.807) is 47.4 Å². The maximum atomic E-state index is 13.4. The lowest BCUT2D eigenvalue weighted by Crippen LogP contribution is -2.51. The summed E-state index contributed by atoms with van der Waals surface area (Å²) in [6, 6.07) is 23.5. The van der Waals surface area contributed by atoms with Gasteiger partial charge < -0.3 is 9.32 Å². The average molecular weight is 488 g/mol.